The molecule has 1 N–H and O–H groups in total. The predicted molar refractivity (Wildman–Crippen MR) is 91.1 cm³/mol. The van der Waals surface area contributed by atoms with Crippen molar-refractivity contribution in [2.24, 2.45) is 11.8 Å². The fraction of sp³-hybridized carbons (Fsp3) is 0.824. The first-order valence-corrected chi connectivity index (χ1v) is 11.1. The Hall–Kier alpha value is -0.653. The molecule has 22 heavy (non-hydrogen) atoms. The van der Waals surface area contributed by atoms with E-state index in [-0.39, 0.29) is 22.8 Å². The summed E-state index contributed by atoms with van der Waals surface area (Å²) in [5, 5.41) is 10.3. The molecule has 0 heterocycles. The zero-order valence-electron chi connectivity index (χ0n) is 15.1. The molecule has 0 aromatic carbocycles. The summed E-state index contributed by atoms with van der Waals surface area (Å²) < 4.78 is 11.3. The number of carbonyl (C=O) groups excluding carboxylic acids is 1. The number of hydrogen-bond donors (Lipinski definition) is 1. The topological polar surface area (TPSA) is 55.8 Å². The minimum Gasteiger partial charge on any atom is -0.463 e. The lowest BCUT2D eigenvalue weighted by Crippen LogP contribution is -2.42. The van der Waals surface area contributed by atoms with E-state index in [1.165, 1.54) is 0 Å². The van der Waals surface area contributed by atoms with Crippen molar-refractivity contribution in [3.05, 3.63) is 11.6 Å². The van der Waals surface area contributed by atoms with Gasteiger partial charge in [-0.05, 0) is 37.4 Å². The summed E-state index contributed by atoms with van der Waals surface area (Å²) >= 11 is 0. The molecule has 128 valence electrons. The Morgan fingerprint density at radius 3 is 2.50 bits per heavy atom. The summed E-state index contributed by atoms with van der Waals surface area (Å²) in [5.74, 6) is -0.130. The van der Waals surface area contributed by atoms with Crippen LogP contribution in [0, 0.1) is 11.8 Å². The molecule has 0 saturated heterocycles. The summed E-state index contributed by atoms with van der Waals surface area (Å²) in [7, 11) is -1.83. The molecule has 1 fully saturated rings. The van der Waals surface area contributed by atoms with Crippen LogP contribution >= 0.6 is 0 Å². The van der Waals surface area contributed by atoms with E-state index in [0.717, 1.165) is 5.57 Å². The smallest absolute Gasteiger partial charge is 0.330 e. The molecule has 0 aromatic rings. The number of hydrogen-bond acceptors (Lipinski definition) is 4. The molecule has 0 amide bonds. The fourth-order valence-corrected chi connectivity index (χ4v) is 3.49. The highest BCUT2D eigenvalue weighted by atomic mass is 28.4. The van der Waals surface area contributed by atoms with Gasteiger partial charge in [-0.15, -0.1) is 0 Å². The van der Waals surface area contributed by atoms with Crippen LogP contribution in [-0.2, 0) is 14.0 Å². The SMILES string of the molecule is CCOC(=O)/C=C1\C[C@H](O)[C@H](C)[C@H]1CO[Si](C)(C)C(C)(C)C. The highest BCUT2D eigenvalue weighted by Gasteiger charge is 2.41. The molecule has 1 rings (SSSR count). The van der Waals surface area contributed by atoms with E-state index in [9.17, 15) is 9.90 Å². The van der Waals surface area contributed by atoms with Gasteiger partial charge in [-0.25, -0.2) is 4.79 Å². The number of aliphatic hydroxyl groups excluding tert-OH is 1. The lowest BCUT2D eigenvalue weighted by atomic mass is 9.95. The Morgan fingerprint density at radius 1 is 1.41 bits per heavy atom. The Morgan fingerprint density at radius 2 is 2.00 bits per heavy atom. The van der Waals surface area contributed by atoms with E-state index in [1.54, 1.807) is 13.0 Å². The molecule has 0 bridgehead atoms. The van der Waals surface area contributed by atoms with Crippen LogP contribution in [0.1, 0.15) is 41.0 Å². The Bertz CT molecular complexity index is 423. The fourth-order valence-electron chi connectivity index (χ4n) is 2.46. The summed E-state index contributed by atoms with van der Waals surface area (Å²) in [4.78, 5) is 11.7. The first-order chi connectivity index (χ1) is 9.99. The Kier molecular flexibility index (Phi) is 6.42. The lowest BCUT2D eigenvalue weighted by Gasteiger charge is -2.37. The standard InChI is InChI=1S/C17H32O4Si/c1-8-20-16(19)10-13-9-15(18)12(2)14(13)11-21-22(6,7)17(3,4)5/h10,12,14-15,18H,8-9,11H2,1-7H3/b13-10+/t12-,14-,15+/m1/s1. The number of rotatable bonds is 5. The van der Waals surface area contributed by atoms with E-state index in [0.29, 0.717) is 19.6 Å². The molecule has 1 saturated carbocycles. The first kappa shape index (κ1) is 19.4. The highest BCUT2D eigenvalue weighted by Crippen LogP contribution is 2.41. The third-order valence-electron chi connectivity index (χ3n) is 5.18. The molecule has 0 radical (unpaired) electrons. The maximum absolute atomic E-state index is 11.7. The normalized spacial score (nSPS) is 28.2. The van der Waals surface area contributed by atoms with Crippen molar-refractivity contribution in [2.45, 2.75) is 65.3 Å². The molecule has 3 atom stereocenters. The van der Waals surface area contributed by atoms with Gasteiger partial charge in [0.15, 0.2) is 8.32 Å². The van der Waals surface area contributed by atoms with Gasteiger partial charge in [0.05, 0.1) is 12.7 Å². The van der Waals surface area contributed by atoms with Gasteiger partial charge in [0.25, 0.3) is 0 Å². The Balaban J connectivity index is 2.83. The quantitative estimate of drug-likeness (QED) is 0.477. The van der Waals surface area contributed by atoms with Crippen LogP contribution in [0.3, 0.4) is 0 Å². The number of esters is 1. The lowest BCUT2D eigenvalue weighted by molar-refractivity contribution is -0.137. The van der Waals surface area contributed by atoms with E-state index in [4.69, 9.17) is 9.16 Å². The number of carbonyl (C=O) groups is 1. The number of aliphatic hydroxyl groups is 1. The molecule has 0 unspecified atom stereocenters. The number of ether oxygens (including phenoxy) is 1. The second kappa shape index (κ2) is 7.28. The van der Waals surface area contributed by atoms with Crippen LogP contribution in [0.25, 0.3) is 0 Å². The second-order valence-corrected chi connectivity index (χ2v) is 12.6. The van der Waals surface area contributed by atoms with Gasteiger partial charge in [-0.1, -0.05) is 33.3 Å². The van der Waals surface area contributed by atoms with Gasteiger partial charge in [0.2, 0.25) is 0 Å². The van der Waals surface area contributed by atoms with Crippen molar-refractivity contribution in [2.75, 3.05) is 13.2 Å². The van der Waals surface area contributed by atoms with E-state index < -0.39 is 14.4 Å². The van der Waals surface area contributed by atoms with Crippen molar-refractivity contribution in [1.29, 1.82) is 0 Å². The van der Waals surface area contributed by atoms with Crippen molar-refractivity contribution < 1.29 is 19.1 Å². The molecule has 1 aliphatic rings. The van der Waals surface area contributed by atoms with Crippen LogP contribution in [0.15, 0.2) is 11.6 Å². The molecule has 4 nitrogen and oxygen atoms in total. The molecule has 0 spiro atoms. The van der Waals surface area contributed by atoms with Crippen LogP contribution in [0.5, 0.6) is 0 Å². The van der Waals surface area contributed by atoms with Crippen molar-refractivity contribution in [3.63, 3.8) is 0 Å². The largest absolute Gasteiger partial charge is 0.463 e. The highest BCUT2D eigenvalue weighted by molar-refractivity contribution is 6.74. The van der Waals surface area contributed by atoms with Gasteiger partial charge in [-0.3, -0.25) is 0 Å². The average Bonchev–Trinajstić information content (AvgIpc) is 2.61. The van der Waals surface area contributed by atoms with Crippen molar-refractivity contribution >= 4 is 14.3 Å². The van der Waals surface area contributed by atoms with Crippen LogP contribution in [-0.4, -0.2) is 38.7 Å². The predicted octanol–water partition coefficient (Wildman–Crippen LogP) is 3.51. The van der Waals surface area contributed by atoms with Crippen molar-refractivity contribution in [3.8, 4) is 0 Å². The molecular weight excluding hydrogens is 296 g/mol. The minimum absolute atomic E-state index is 0.0912. The van der Waals surface area contributed by atoms with Crippen LogP contribution in [0.4, 0.5) is 0 Å². The molecule has 0 aromatic heterocycles. The van der Waals surface area contributed by atoms with Crippen molar-refractivity contribution in [1.82, 2.24) is 0 Å². The summed E-state index contributed by atoms with van der Waals surface area (Å²) in [5.41, 5.74) is 0.956. The van der Waals surface area contributed by atoms with Gasteiger partial charge >= 0.3 is 5.97 Å². The van der Waals surface area contributed by atoms with Gasteiger partial charge < -0.3 is 14.3 Å². The molecular formula is C17H32O4Si. The second-order valence-electron chi connectivity index (χ2n) is 7.78. The summed E-state index contributed by atoms with van der Waals surface area (Å²) in [6.45, 7) is 15.8. The summed E-state index contributed by atoms with van der Waals surface area (Å²) in [6.07, 6.45) is 1.68. The van der Waals surface area contributed by atoms with E-state index >= 15 is 0 Å². The van der Waals surface area contributed by atoms with E-state index in [2.05, 4.69) is 33.9 Å². The Labute approximate surface area is 136 Å². The maximum atomic E-state index is 11.7. The van der Waals surface area contributed by atoms with Gasteiger partial charge in [-0.2, -0.15) is 0 Å². The van der Waals surface area contributed by atoms with E-state index in [1.807, 2.05) is 6.92 Å². The monoisotopic (exact) mass is 328 g/mol. The van der Waals surface area contributed by atoms with Crippen LogP contribution in [0.2, 0.25) is 18.1 Å². The third-order valence-corrected chi connectivity index (χ3v) is 9.68. The third kappa shape index (κ3) is 4.67. The zero-order chi connectivity index (χ0) is 17.1. The average molecular weight is 329 g/mol. The van der Waals surface area contributed by atoms with Gasteiger partial charge in [0, 0.05) is 18.6 Å². The minimum atomic E-state index is -1.83. The molecule has 1 aliphatic carbocycles. The van der Waals surface area contributed by atoms with Crippen LogP contribution < -0.4 is 0 Å². The summed E-state index contributed by atoms with van der Waals surface area (Å²) in [6, 6.07) is 0. The van der Waals surface area contributed by atoms with Gasteiger partial charge in [0.1, 0.15) is 0 Å². The maximum Gasteiger partial charge on any atom is 0.330 e. The first-order valence-electron chi connectivity index (χ1n) is 8.19. The molecule has 5 heteroatoms. The zero-order valence-corrected chi connectivity index (χ0v) is 16.1. The molecule has 0 aliphatic heterocycles.